The van der Waals surface area contributed by atoms with Crippen molar-refractivity contribution in [1.29, 1.82) is 0 Å². The molecule has 1 aliphatic rings. The number of unbranched alkanes of at least 4 members (excludes halogenated alkanes) is 15. The third-order valence-electron chi connectivity index (χ3n) is 7.67. The quantitative estimate of drug-likeness (QED) is 0.160. The third-order valence-corrected chi connectivity index (χ3v) is 7.67. The van der Waals surface area contributed by atoms with E-state index >= 15 is 0 Å². The van der Waals surface area contributed by atoms with Crippen LogP contribution < -0.4 is 0 Å². The molecule has 0 aromatic carbocycles. The molecule has 1 aromatic rings. The molecule has 1 fully saturated rings. The van der Waals surface area contributed by atoms with E-state index in [1.165, 1.54) is 142 Å². The fourth-order valence-electron chi connectivity index (χ4n) is 5.47. The van der Waals surface area contributed by atoms with Gasteiger partial charge in [-0.3, -0.25) is 0 Å². The summed E-state index contributed by atoms with van der Waals surface area (Å²) in [6, 6.07) is 0.793. The van der Waals surface area contributed by atoms with E-state index in [9.17, 15) is 0 Å². The first-order chi connectivity index (χ1) is 15.8. The topological polar surface area (TPSA) is 21.1 Å². The second kappa shape index (κ2) is 23.2. The molecule has 0 N–H and O–H groups in total. The van der Waals surface area contributed by atoms with Crippen molar-refractivity contribution in [3.8, 4) is 0 Å². The molecule has 1 aromatic heterocycles. The maximum absolute atomic E-state index is 4.37. The molecule has 5 heteroatoms. The average molecular weight is 519 g/mol. The summed E-state index contributed by atoms with van der Waals surface area (Å²) in [4.78, 5) is 7.18. The molecular weight excluding hydrogens is 461 g/mol. The Morgan fingerprint density at radius 3 is 1.76 bits per heavy atom. The van der Waals surface area contributed by atoms with E-state index in [-0.39, 0.29) is 24.8 Å². The van der Waals surface area contributed by atoms with Gasteiger partial charge in [0.1, 0.15) is 5.82 Å². The Kier molecular flexibility index (Phi) is 23.0. The fourth-order valence-corrected chi connectivity index (χ4v) is 5.47. The van der Waals surface area contributed by atoms with Gasteiger partial charge < -0.3 is 9.47 Å². The standard InChI is InChI=1S/C29H55N3.2ClH/c1-3-4-5-6-7-8-9-10-11-12-13-14-15-16-17-19-24-32-25-20-18-21-29(32)22-26-31-27-23-30-28(31)2;;/h23,27,29H,3-22,24-26H2,1-2H3;2*1H. The van der Waals surface area contributed by atoms with Gasteiger partial charge in [-0.1, -0.05) is 110 Å². The van der Waals surface area contributed by atoms with Crippen molar-refractivity contribution < 1.29 is 0 Å². The zero-order valence-corrected chi connectivity index (χ0v) is 24.3. The van der Waals surface area contributed by atoms with Crippen LogP contribution in [-0.2, 0) is 6.54 Å². The molecule has 0 spiro atoms. The van der Waals surface area contributed by atoms with Gasteiger partial charge in [0.15, 0.2) is 0 Å². The van der Waals surface area contributed by atoms with Gasteiger partial charge in [0.2, 0.25) is 0 Å². The summed E-state index contributed by atoms with van der Waals surface area (Å²) in [6.45, 7) is 8.21. The van der Waals surface area contributed by atoms with Crippen molar-refractivity contribution in [2.24, 2.45) is 0 Å². The number of hydrogen-bond donors (Lipinski definition) is 0. The maximum Gasteiger partial charge on any atom is 0.105 e. The molecule has 2 rings (SSSR count). The van der Waals surface area contributed by atoms with E-state index in [1.54, 1.807) is 0 Å². The highest BCUT2D eigenvalue weighted by Gasteiger charge is 2.21. The van der Waals surface area contributed by atoms with Crippen LogP contribution in [0, 0.1) is 6.92 Å². The molecule has 0 amide bonds. The van der Waals surface area contributed by atoms with Crippen molar-refractivity contribution in [2.45, 2.75) is 155 Å². The van der Waals surface area contributed by atoms with Crippen molar-refractivity contribution in [3.63, 3.8) is 0 Å². The molecule has 1 aliphatic heterocycles. The normalized spacial score (nSPS) is 16.2. The number of imidazole rings is 1. The lowest BCUT2D eigenvalue weighted by Crippen LogP contribution is -2.40. The molecule has 1 unspecified atom stereocenters. The molecule has 0 bridgehead atoms. The van der Waals surface area contributed by atoms with Crippen LogP contribution in [0.3, 0.4) is 0 Å². The lowest BCUT2D eigenvalue weighted by atomic mass is 9.98. The van der Waals surface area contributed by atoms with Crippen LogP contribution in [0.4, 0.5) is 0 Å². The third kappa shape index (κ3) is 15.7. The molecule has 2 heterocycles. The first kappa shape index (κ1) is 33.8. The van der Waals surface area contributed by atoms with E-state index < -0.39 is 0 Å². The first-order valence-corrected chi connectivity index (χ1v) is 14.5. The molecule has 0 radical (unpaired) electrons. The summed E-state index contributed by atoms with van der Waals surface area (Å²) in [7, 11) is 0. The van der Waals surface area contributed by atoms with Gasteiger partial charge >= 0.3 is 0 Å². The maximum atomic E-state index is 4.37. The van der Waals surface area contributed by atoms with Crippen molar-refractivity contribution in [1.82, 2.24) is 14.5 Å². The zero-order chi connectivity index (χ0) is 22.7. The van der Waals surface area contributed by atoms with E-state index in [2.05, 4.69) is 34.5 Å². The number of halogens is 2. The smallest absolute Gasteiger partial charge is 0.105 e. The first-order valence-electron chi connectivity index (χ1n) is 14.5. The largest absolute Gasteiger partial charge is 0.335 e. The number of likely N-dealkylation sites (tertiary alicyclic amines) is 1. The van der Waals surface area contributed by atoms with Crippen LogP contribution in [0.2, 0.25) is 0 Å². The molecule has 0 saturated carbocycles. The summed E-state index contributed by atoms with van der Waals surface area (Å²) in [5.74, 6) is 1.16. The minimum atomic E-state index is 0. The van der Waals surface area contributed by atoms with E-state index in [0.29, 0.717) is 0 Å². The lowest BCUT2D eigenvalue weighted by Gasteiger charge is -2.36. The fraction of sp³-hybridized carbons (Fsp3) is 0.897. The molecule has 1 atom stereocenters. The van der Waals surface area contributed by atoms with E-state index in [4.69, 9.17) is 0 Å². The number of rotatable bonds is 20. The average Bonchev–Trinajstić information content (AvgIpc) is 3.22. The Bertz CT molecular complexity index is 549. The van der Waals surface area contributed by atoms with Crippen molar-refractivity contribution in [2.75, 3.05) is 13.1 Å². The van der Waals surface area contributed by atoms with Gasteiger partial charge in [-0.05, 0) is 45.7 Å². The second-order valence-corrected chi connectivity index (χ2v) is 10.4. The minimum Gasteiger partial charge on any atom is -0.335 e. The van der Waals surface area contributed by atoms with Gasteiger partial charge in [0, 0.05) is 25.0 Å². The second-order valence-electron chi connectivity index (χ2n) is 10.4. The lowest BCUT2D eigenvalue weighted by molar-refractivity contribution is 0.133. The highest BCUT2D eigenvalue weighted by Crippen LogP contribution is 2.21. The molecule has 1 saturated heterocycles. The highest BCUT2D eigenvalue weighted by molar-refractivity contribution is 5.85. The Hall–Kier alpha value is -0.250. The molecule has 3 nitrogen and oxygen atoms in total. The molecule has 34 heavy (non-hydrogen) atoms. The molecule has 0 aliphatic carbocycles. The monoisotopic (exact) mass is 517 g/mol. The van der Waals surface area contributed by atoms with Crippen molar-refractivity contribution in [3.05, 3.63) is 18.2 Å². The van der Waals surface area contributed by atoms with E-state index in [1.807, 2.05) is 6.20 Å². The summed E-state index contributed by atoms with van der Waals surface area (Å²) >= 11 is 0. The van der Waals surface area contributed by atoms with Gasteiger partial charge in [0.25, 0.3) is 0 Å². The summed E-state index contributed by atoms with van der Waals surface area (Å²) < 4.78 is 2.32. The van der Waals surface area contributed by atoms with E-state index in [0.717, 1.165) is 18.4 Å². The van der Waals surface area contributed by atoms with Crippen LogP contribution in [-0.4, -0.2) is 33.6 Å². The van der Waals surface area contributed by atoms with Gasteiger partial charge in [-0.15, -0.1) is 24.8 Å². The van der Waals surface area contributed by atoms with Gasteiger partial charge in [-0.2, -0.15) is 0 Å². The number of aryl methyl sites for hydroxylation is 2. The minimum absolute atomic E-state index is 0. The van der Waals surface area contributed by atoms with Crippen molar-refractivity contribution >= 4 is 24.8 Å². The Morgan fingerprint density at radius 2 is 1.26 bits per heavy atom. The van der Waals surface area contributed by atoms with Gasteiger partial charge in [0.05, 0.1) is 0 Å². The number of piperidine rings is 1. The predicted octanol–water partition coefficient (Wildman–Crippen LogP) is 9.54. The summed E-state index contributed by atoms with van der Waals surface area (Å²) in [6.07, 6.45) is 32.8. The van der Waals surface area contributed by atoms with Crippen LogP contribution in [0.25, 0.3) is 0 Å². The van der Waals surface area contributed by atoms with Crippen LogP contribution >= 0.6 is 24.8 Å². The predicted molar refractivity (Wildman–Crippen MR) is 155 cm³/mol. The number of aromatic nitrogens is 2. The summed E-state index contributed by atoms with van der Waals surface area (Å²) in [5, 5.41) is 0. The van der Waals surface area contributed by atoms with Crippen LogP contribution in [0.15, 0.2) is 12.4 Å². The summed E-state index contributed by atoms with van der Waals surface area (Å²) in [5.41, 5.74) is 0. The Morgan fingerprint density at radius 1 is 0.735 bits per heavy atom. The van der Waals surface area contributed by atoms with Gasteiger partial charge in [-0.25, -0.2) is 4.98 Å². The zero-order valence-electron chi connectivity index (χ0n) is 22.7. The highest BCUT2D eigenvalue weighted by atomic mass is 35.5. The Labute approximate surface area is 225 Å². The van der Waals surface area contributed by atoms with Crippen LogP contribution in [0.5, 0.6) is 0 Å². The van der Waals surface area contributed by atoms with Crippen LogP contribution in [0.1, 0.15) is 141 Å². The number of hydrogen-bond acceptors (Lipinski definition) is 2. The molecular formula is C29H57Cl2N3. The Balaban J connectivity index is 0.00000544. The number of nitrogens with zero attached hydrogens (tertiary/aromatic N) is 3. The molecule has 202 valence electrons. The SMILES string of the molecule is CCCCCCCCCCCCCCCCCCN1CCCCC1CCn1ccnc1C.Cl.Cl.